The second kappa shape index (κ2) is 5.69. The molecule has 0 aromatic heterocycles. The number of rotatable bonds is 1. The molecule has 0 radical (unpaired) electrons. The summed E-state index contributed by atoms with van der Waals surface area (Å²) in [6.45, 7) is 0. The Morgan fingerprint density at radius 2 is 2.00 bits per heavy atom. The quantitative estimate of drug-likeness (QED) is 0.388. The van der Waals surface area contributed by atoms with Gasteiger partial charge in [0.1, 0.15) is 5.94 Å². The summed E-state index contributed by atoms with van der Waals surface area (Å²) in [6, 6.07) is 0. The van der Waals surface area contributed by atoms with Crippen molar-refractivity contribution in [3.8, 4) is 0 Å². The van der Waals surface area contributed by atoms with Crippen LogP contribution in [0.4, 0.5) is 0 Å². The smallest absolute Gasteiger partial charge is 0.771 e. The van der Waals surface area contributed by atoms with E-state index in [1.54, 1.807) is 0 Å². The zero-order valence-electron chi connectivity index (χ0n) is 3.09. The first kappa shape index (κ1) is 9.85. The Hall–Kier alpha value is 0.693. The Balaban J connectivity index is 0. The molecule has 1 N–H and O–H groups in total. The molecule has 0 bridgehead atoms. The van der Waals surface area contributed by atoms with E-state index in [4.69, 9.17) is 13.9 Å². The van der Waals surface area contributed by atoms with Gasteiger partial charge in [-0.15, -0.1) is 0 Å². The van der Waals surface area contributed by atoms with Crippen molar-refractivity contribution in [2.75, 3.05) is 5.94 Å². The van der Waals surface area contributed by atoms with E-state index >= 15 is 0 Å². The third kappa shape index (κ3) is 8.83. The van der Waals surface area contributed by atoms with E-state index in [1.807, 2.05) is 0 Å². The standard InChI is InChI=1S/CH4O3S.Zn/c2-1-5(3)4;/h2H,1H2,(H,3,4);/q;+2/p-1. The molecule has 1 unspecified atom stereocenters. The zero-order valence-corrected chi connectivity index (χ0v) is 6.87. The van der Waals surface area contributed by atoms with Crippen molar-refractivity contribution in [2.24, 2.45) is 0 Å². The average Bonchev–Trinajstić information content (AvgIpc) is 1.38. The molecule has 0 aliphatic heterocycles. The van der Waals surface area contributed by atoms with Gasteiger partial charge in [0, 0.05) is 0 Å². The fourth-order valence-corrected chi connectivity index (χ4v) is 0. The van der Waals surface area contributed by atoms with Crippen molar-refractivity contribution >= 4 is 11.1 Å². The molecule has 6 heavy (non-hydrogen) atoms. The molecule has 3 nitrogen and oxygen atoms in total. The molecule has 0 saturated carbocycles. The molecular formula is CH3O3SZn+. The SMILES string of the molecule is O=S([O-])CO.[Zn+2]. The molecule has 0 spiro atoms. The van der Waals surface area contributed by atoms with E-state index in [0.29, 0.717) is 0 Å². The largest absolute Gasteiger partial charge is 2.00 e. The summed E-state index contributed by atoms with van der Waals surface area (Å²) >= 11 is -2.27. The van der Waals surface area contributed by atoms with Crippen molar-refractivity contribution in [2.45, 2.75) is 0 Å². The first-order chi connectivity index (χ1) is 2.27. The number of aliphatic hydroxyl groups is 1. The molecule has 0 aromatic rings. The summed E-state index contributed by atoms with van der Waals surface area (Å²) in [5.74, 6) is -0.778. The van der Waals surface area contributed by atoms with Gasteiger partial charge in [0.05, 0.1) is 0 Å². The predicted octanol–water partition coefficient (Wildman–Crippen LogP) is -1.19. The van der Waals surface area contributed by atoms with E-state index in [-0.39, 0.29) is 19.5 Å². The van der Waals surface area contributed by atoms with E-state index < -0.39 is 17.0 Å². The fourth-order valence-electron chi connectivity index (χ4n) is 0. The third-order valence-electron chi connectivity index (χ3n) is 0.105. The normalized spacial score (nSPS) is 12.3. The van der Waals surface area contributed by atoms with Gasteiger partial charge in [-0.2, -0.15) is 0 Å². The van der Waals surface area contributed by atoms with Gasteiger partial charge in [0.15, 0.2) is 0 Å². The van der Waals surface area contributed by atoms with Crippen LogP contribution in [-0.4, -0.2) is 19.8 Å². The molecule has 1 atom stereocenters. The van der Waals surface area contributed by atoms with E-state index in [0.717, 1.165) is 0 Å². The monoisotopic (exact) mass is 159 g/mol. The van der Waals surface area contributed by atoms with Crippen LogP contribution in [0, 0.1) is 0 Å². The van der Waals surface area contributed by atoms with Gasteiger partial charge in [-0.25, -0.2) is 0 Å². The predicted molar refractivity (Wildman–Crippen MR) is 16.0 cm³/mol. The van der Waals surface area contributed by atoms with Gasteiger partial charge in [-0.1, -0.05) is 0 Å². The van der Waals surface area contributed by atoms with Gasteiger partial charge < -0.3 is 9.66 Å². The molecule has 0 aliphatic carbocycles. The summed E-state index contributed by atoms with van der Waals surface area (Å²) in [6.07, 6.45) is 0. The van der Waals surface area contributed by atoms with Crippen molar-refractivity contribution in [3.63, 3.8) is 0 Å². The van der Waals surface area contributed by atoms with Crippen LogP contribution in [0.3, 0.4) is 0 Å². The van der Waals surface area contributed by atoms with Crippen molar-refractivity contribution in [1.29, 1.82) is 0 Å². The molecule has 0 heterocycles. The van der Waals surface area contributed by atoms with Gasteiger partial charge >= 0.3 is 19.5 Å². The minimum Gasteiger partial charge on any atom is -0.771 e. The maximum Gasteiger partial charge on any atom is 2.00 e. The van der Waals surface area contributed by atoms with Gasteiger partial charge in [-0.05, 0) is 11.1 Å². The molecule has 32 valence electrons. The van der Waals surface area contributed by atoms with E-state index in [9.17, 15) is 0 Å². The first-order valence-electron chi connectivity index (χ1n) is 0.938. The van der Waals surface area contributed by atoms with Gasteiger partial charge in [-0.3, -0.25) is 4.21 Å². The first-order valence-corrected chi connectivity index (χ1v) is 2.18. The summed E-state index contributed by atoms with van der Waals surface area (Å²) in [5.41, 5.74) is 0. The molecule has 0 amide bonds. The molecule has 0 fully saturated rings. The van der Waals surface area contributed by atoms with Crippen LogP contribution in [0.2, 0.25) is 0 Å². The molecular weight excluding hydrogens is 157 g/mol. The minimum atomic E-state index is -2.27. The Morgan fingerprint density at radius 3 is 2.00 bits per heavy atom. The van der Waals surface area contributed by atoms with Crippen LogP contribution < -0.4 is 0 Å². The molecule has 0 aromatic carbocycles. The van der Waals surface area contributed by atoms with Crippen LogP contribution in [-0.2, 0) is 30.6 Å². The summed E-state index contributed by atoms with van der Waals surface area (Å²) in [5, 5.41) is 7.53. The fraction of sp³-hybridized carbons (Fsp3) is 1.00. The second-order valence-electron chi connectivity index (χ2n) is 0.433. The molecule has 0 aliphatic rings. The van der Waals surface area contributed by atoms with Crippen LogP contribution in [0.5, 0.6) is 0 Å². The Labute approximate surface area is 50.8 Å². The maximum absolute atomic E-state index is 9.12. The Kier molecular flexibility index (Phi) is 9.35. The minimum absolute atomic E-state index is 0. The Morgan fingerprint density at radius 1 is 1.83 bits per heavy atom. The maximum atomic E-state index is 9.12. The zero-order chi connectivity index (χ0) is 4.28. The number of hydrogen-bond donors (Lipinski definition) is 1. The van der Waals surface area contributed by atoms with E-state index in [1.165, 1.54) is 0 Å². The van der Waals surface area contributed by atoms with Crippen molar-refractivity contribution in [1.82, 2.24) is 0 Å². The summed E-state index contributed by atoms with van der Waals surface area (Å²) in [7, 11) is 0. The topological polar surface area (TPSA) is 60.4 Å². The Bertz CT molecular complexity index is 46.1. The second-order valence-corrected chi connectivity index (χ2v) is 1.30. The molecule has 0 rings (SSSR count). The van der Waals surface area contributed by atoms with E-state index in [2.05, 4.69) is 0 Å². The van der Waals surface area contributed by atoms with Crippen LogP contribution in [0.25, 0.3) is 0 Å². The van der Waals surface area contributed by atoms with Crippen molar-refractivity contribution in [3.05, 3.63) is 0 Å². The average molecular weight is 160 g/mol. The molecule has 0 saturated heterocycles. The van der Waals surface area contributed by atoms with Crippen LogP contribution in [0.15, 0.2) is 0 Å². The van der Waals surface area contributed by atoms with Gasteiger partial charge in [0.2, 0.25) is 0 Å². The van der Waals surface area contributed by atoms with Crippen LogP contribution in [0.1, 0.15) is 0 Å². The molecule has 5 heteroatoms. The number of hydrogen-bond acceptors (Lipinski definition) is 3. The summed E-state index contributed by atoms with van der Waals surface area (Å²) < 4.78 is 18.2. The van der Waals surface area contributed by atoms with Crippen molar-refractivity contribution < 1.29 is 33.3 Å². The third-order valence-corrected chi connectivity index (χ3v) is 0.316. The summed E-state index contributed by atoms with van der Waals surface area (Å²) in [4.78, 5) is 0. The van der Waals surface area contributed by atoms with Gasteiger partial charge in [0.25, 0.3) is 0 Å². The number of aliphatic hydroxyl groups excluding tert-OH is 1. The van der Waals surface area contributed by atoms with Crippen LogP contribution >= 0.6 is 0 Å².